The minimum atomic E-state index is -0.137. The van der Waals surface area contributed by atoms with Crippen molar-refractivity contribution in [3.63, 3.8) is 0 Å². The van der Waals surface area contributed by atoms with Crippen molar-refractivity contribution in [1.29, 1.82) is 0 Å². The maximum Gasteiger partial charge on any atom is 0.142 e. The lowest BCUT2D eigenvalue weighted by atomic mass is 9.53. The first-order chi connectivity index (χ1) is 10.4. The summed E-state index contributed by atoms with van der Waals surface area (Å²) in [4.78, 5) is 12.7. The Morgan fingerprint density at radius 2 is 2.05 bits per heavy atom. The first-order valence-electron chi connectivity index (χ1n) is 8.71. The molecule has 1 fully saturated rings. The molecule has 4 aliphatic carbocycles. The second kappa shape index (κ2) is 4.37. The Bertz CT molecular complexity index is 638. The van der Waals surface area contributed by atoms with Crippen LogP contribution in [0.25, 0.3) is 0 Å². The molecule has 0 saturated heterocycles. The Morgan fingerprint density at radius 1 is 1.27 bits per heavy atom. The van der Waals surface area contributed by atoms with E-state index in [1.807, 2.05) is 6.08 Å². The number of carbonyl (C=O) groups excluding carboxylic acids is 1. The van der Waals surface area contributed by atoms with E-state index in [2.05, 4.69) is 32.9 Å². The lowest BCUT2D eigenvalue weighted by molar-refractivity contribution is -0.129. The second-order valence-corrected chi connectivity index (χ2v) is 8.36. The third-order valence-electron chi connectivity index (χ3n) is 7.14. The van der Waals surface area contributed by atoms with Gasteiger partial charge in [-0.15, -0.1) is 0 Å². The van der Waals surface area contributed by atoms with Crippen LogP contribution in [0.5, 0.6) is 0 Å². The number of aliphatic hydroxyl groups excluding tert-OH is 1. The molecule has 5 atom stereocenters. The van der Waals surface area contributed by atoms with Gasteiger partial charge in [0.25, 0.3) is 0 Å². The summed E-state index contributed by atoms with van der Waals surface area (Å²) in [7, 11) is 0. The van der Waals surface area contributed by atoms with Crippen LogP contribution in [0.3, 0.4) is 0 Å². The second-order valence-electron chi connectivity index (χ2n) is 8.36. The number of carbonyl (C=O) groups is 1. The smallest absolute Gasteiger partial charge is 0.142 e. The monoisotopic (exact) mass is 298 g/mol. The molecule has 0 aromatic heterocycles. The van der Waals surface area contributed by atoms with E-state index in [1.165, 1.54) is 5.57 Å². The SMILES string of the molecule is C[C@@H]1C[C@H]2[C@@H]3CC=C4C=C(O)CC[C@]4(C)C3=CC[C@]2(C)C1=O. The van der Waals surface area contributed by atoms with E-state index in [-0.39, 0.29) is 16.7 Å². The molecule has 1 saturated carbocycles. The van der Waals surface area contributed by atoms with Gasteiger partial charge in [-0.25, -0.2) is 0 Å². The van der Waals surface area contributed by atoms with Crippen molar-refractivity contribution >= 4 is 5.78 Å². The Morgan fingerprint density at radius 3 is 2.82 bits per heavy atom. The predicted octanol–water partition coefficient (Wildman–Crippen LogP) is 4.74. The molecule has 0 radical (unpaired) electrons. The third kappa shape index (κ3) is 1.64. The van der Waals surface area contributed by atoms with Gasteiger partial charge < -0.3 is 5.11 Å². The lowest BCUT2D eigenvalue weighted by Crippen LogP contribution is -2.43. The van der Waals surface area contributed by atoms with Gasteiger partial charge in [-0.2, -0.15) is 0 Å². The molecule has 0 amide bonds. The summed E-state index contributed by atoms with van der Waals surface area (Å²) in [5.41, 5.74) is 2.78. The first-order valence-corrected chi connectivity index (χ1v) is 8.71. The van der Waals surface area contributed by atoms with Crippen LogP contribution < -0.4 is 0 Å². The molecule has 0 aliphatic heterocycles. The topological polar surface area (TPSA) is 37.3 Å². The molecule has 2 nitrogen and oxygen atoms in total. The van der Waals surface area contributed by atoms with E-state index < -0.39 is 0 Å². The highest BCUT2D eigenvalue weighted by atomic mass is 16.3. The number of rotatable bonds is 0. The van der Waals surface area contributed by atoms with Crippen LogP contribution in [0, 0.1) is 28.6 Å². The van der Waals surface area contributed by atoms with Gasteiger partial charge in [0, 0.05) is 23.2 Å². The van der Waals surface area contributed by atoms with Crippen molar-refractivity contribution in [2.45, 2.75) is 52.9 Å². The van der Waals surface area contributed by atoms with Crippen molar-refractivity contribution < 1.29 is 9.90 Å². The van der Waals surface area contributed by atoms with Gasteiger partial charge in [-0.3, -0.25) is 4.79 Å². The molecule has 4 rings (SSSR count). The highest BCUT2D eigenvalue weighted by Gasteiger charge is 2.57. The van der Waals surface area contributed by atoms with Gasteiger partial charge in [0.15, 0.2) is 0 Å². The molecule has 4 aliphatic rings. The zero-order valence-electron chi connectivity index (χ0n) is 13.9. The number of aliphatic hydroxyl groups is 1. The molecule has 0 unspecified atom stereocenters. The summed E-state index contributed by atoms with van der Waals surface area (Å²) in [5, 5.41) is 9.88. The van der Waals surface area contributed by atoms with E-state index in [0.717, 1.165) is 32.1 Å². The minimum absolute atomic E-state index is 0.0748. The zero-order chi connectivity index (χ0) is 15.7. The van der Waals surface area contributed by atoms with Crippen molar-refractivity contribution in [3.05, 3.63) is 35.1 Å². The number of Topliss-reactive ketones (excluding diaryl/α,β-unsaturated/α-hetero) is 1. The summed E-state index contributed by atoms with van der Waals surface area (Å²) in [6.45, 7) is 6.65. The highest BCUT2D eigenvalue weighted by molar-refractivity contribution is 5.89. The molecular weight excluding hydrogens is 272 g/mol. The van der Waals surface area contributed by atoms with E-state index in [4.69, 9.17) is 0 Å². The minimum Gasteiger partial charge on any atom is -0.512 e. The first kappa shape index (κ1) is 14.3. The maximum atomic E-state index is 12.7. The molecule has 0 bridgehead atoms. The van der Waals surface area contributed by atoms with Gasteiger partial charge in [0.2, 0.25) is 0 Å². The van der Waals surface area contributed by atoms with Crippen molar-refractivity contribution in [1.82, 2.24) is 0 Å². The number of hydrogen-bond donors (Lipinski definition) is 1. The van der Waals surface area contributed by atoms with Crippen LogP contribution in [-0.2, 0) is 4.79 Å². The summed E-state index contributed by atoms with van der Waals surface area (Å²) in [6, 6.07) is 0. The summed E-state index contributed by atoms with van der Waals surface area (Å²) < 4.78 is 0. The normalized spacial score (nSPS) is 47.0. The average Bonchev–Trinajstić information content (AvgIpc) is 2.72. The molecule has 22 heavy (non-hydrogen) atoms. The summed E-state index contributed by atoms with van der Waals surface area (Å²) in [6.07, 6.45) is 11.5. The van der Waals surface area contributed by atoms with Crippen LogP contribution >= 0.6 is 0 Å². The van der Waals surface area contributed by atoms with Gasteiger partial charge in [0.05, 0.1) is 5.76 Å². The largest absolute Gasteiger partial charge is 0.512 e. The molecular formula is C20H26O2. The van der Waals surface area contributed by atoms with Crippen LogP contribution in [0.2, 0.25) is 0 Å². The van der Waals surface area contributed by atoms with E-state index in [0.29, 0.717) is 23.4 Å². The Labute approximate surface area is 133 Å². The fourth-order valence-corrected chi connectivity index (χ4v) is 5.75. The van der Waals surface area contributed by atoms with Gasteiger partial charge >= 0.3 is 0 Å². The van der Waals surface area contributed by atoms with Crippen LogP contribution in [0.4, 0.5) is 0 Å². The van der Waals surface area contributed by atoms with Gasteiger partial charge in [-0.05, 0) is 49.2 Å². The molecule has 0 heterocycles. The molecule has 0 spiro atoms. The van der Waals surface area contributed by atoms with Gasteiger partial charge in [-0.1, -0.05) is 38.5 Å². The quantitative estimate of drug-likeness (QED) is 0.656. The molecule has 2 heteroatoms. The molecule has 0 aromatic rings. The van der Waals surface area contributed by atoms with Crippen LogP contribution in [-0.4, -0.2) is 10.9 Å². The standard InChI is InChI=1S/C20H26O2/c1-12-10-17-15-5-4-13-11-14(21)6-8-19(13,2)16(15)7-9-20(17,3)18(12)22/h4,7,11-12,15,17,21H,5-6,8-10H2,1-3H3/t12-,15-,17+,19+,20+/m1/s1. The third-order valence-corrected chi connectivity index (χ3v) is 7.14. The number of ketones is 1. The molecule has 0 aromatic carbocycles. The maximum absolute atomic E-state index is 12.7. The average molecular weight is 298 g/mol. The number of allylic oxidation sites excluding steroid dienone is 6. The fourth-order valence-electron chi connectivity index (χ4n) is 5.75. The van der Waals surface area contributed by atoms with E-state index >= 15 is 0 Å². The summed E-state index contributed by atoms with van der Waals surface area (Å²) >= 11 is 0. The Hall–Kier alpha value is -1.31. The Kier molecular flexibility index (Phi) is 2.84. The fraction of sp³-hybridized carbons (Fsp3) is 0.650. The molecule has 1 N–H and O–H groups in total. The van der Waals surface area contributed by atoms with Crippen molar-refractivity contribution in [2.75, 3.05) is 0 Å². The molecule has 118 valence electrons. The van der Waals surface area contributed by atoms with E-state index in [9.17, 15) is 9.90 Å². The van der Waals surface area contributed by atoms with Crippen molar-refractivity contribution in [2.24, 2.45) is 28.6 Å². The zero-order valence-corrected chi connectivity index (χ0v) is 13.9. The summed E-state index contributed by atoms with van der Waals surface area (Å²) in [5.74, 6) is 2.25. The van der Waals surface area contributed by atoms with Crippen molar-refractivity contribution in [3.8, 4) is 0 Å². The predicted molar refractivity (Wildman–Crippen MR) is 87.3 cm³/mol. The lowest BCUT2D eigenvalue weighted by Gasteiger charge is -2.50. The van der Waals surface area contributed by atoms with Crippen LogP contribution in [0.15, 0.2) is 35.1 Å². The van der Waals surface area contributed by atoms with Crippen LogP contribution in [0.1, 0.15) is 52.9 Å². The van der Waals surface area contributed by atoms with E-state index in [1.54, 1.807) is 5.57 Å². The van der Waals surface area contributed by atoms with Gasteiger partial charge in [0.1, 0.15) is 5.78 Å². The Balaban J connectivity index is 1.79. The highest BCUT2D eigenvalue weighted by Crippen LogP contribution is 2.61. The number of hydrogen-bond acceptors (Lipinski definition) is 2. The number of fused-ring (bicyclic) bond motifs is 5.